The van der Waals surface area contributed by atoms with Gasteiger partial charge in [0.25, 0.3) is 0 Å². The van der Waals surface area contributed by atoms with Crippen molar-refractivity contribution in [2.45, 2.75) is 6.92 Å². The summed E-state index contributed by atoms with van der Waals surface area (Å²) in [6.45, 7) is 6.63. The normalized spacial score (nSPS) is 17.3. The van der Waals surface area contributed by atoms with Gasteiger partial charge in [0.1, 0.15) is 6.67 Å². The number of methoxy groups -OCH3 is 1. The molecule has 0 unspecified atom stereocenters. The highest BCUT2D eigenvalue weighted by Crippen LogP contribution is 2.19. The summed E-state index contributed by atoms with van der Waals surface area (Å²) >= 11 is 0. The van der Waals surface area contributed by atoms with Crippen molar-refractivity contribution in [1.29, 1.82) is 0 Å². The van der Waals surface area contributed by atoms with Crippen LogP contribution in [0.2, 0.25) is 0 Å². The Bertz CT molecular complexity index is 395. The molecule has 0 amide bonds. The van der Waals surface area contributed by atoms with E-state index in [1.54, 1.807) is 13.2 Å². The Kier molecular flexibility index (Phi) is 4.20. The van der Waals surface area contributed by atoms with E-state index in [-0.39, 0.29) is 0 Å². The Labute approximate surface area is 103 Å². The summed E-state index contributed by atoms with van der Waals surface area (Å²) in [5, 5.41) is 6.20. The highest BCUT2D eigenvalue weighted by atomic mass is 16.5. The number of likely N-dealkylation sites (N-methyl/N-ethyl adjacent to an activating group) is 1. The lowest BCUT2D eigenvalue weighted by Gasteiger charge is -2.17. The molecule has 0 fully saturated rings. The van der Waals surface area contributed by atoms with Crippen molar-refractivity contribution in [3.63, 3.8) is 0 Å². The minimum absolute atomic E-state index is 0.547. The van der Waals surface area contributed by atoms with Crippen LogP contribution in [0, 0.1) is 0 Å². The predicted molar refractivity (Wildman–Crippen MR) is 70.0 cm³/mol. The standard InChI is InChI=1S/C12H20N4O/c1-6-7-10(13)11(17-5)9(2)12-14-16(4)8-15(12)3/h6-7H,2,8,13H2,1,3-5H3/b7-6-,11-10-. The molecule has 1 rings (SSSR count). The number of hydrazone groups is 1. The van der Waals surface area contributed by atoms with Crippen LogP contribution < -0.4 is 5.73 Å². The number of nitrogens with zero attached hydrogens (tertiary/aromatic N) is 3. The van der Waals surface area contributed by atoms with Gasteiger partial charge >= 0.3 is 0 Å². The molecule has 0 saturated carbocycles. The molecular formula is C12H20N4O. The first kappa shape index (κ1) is 13.2. The van der Waals surface area contributed by atoms with Crippen molar-refractivity contribution in [3.05, 3.63) is 35.8 Å². The quantitative estimate of drug-likeness (QED) is 0.586. The summed E-state index contributed by atoms with van der Waals surface area (Å²) in [5.41, 5.74) is 7.14. The molecule has 1 aliphatic rings. The van der Waals surface area contributed by atoms with E-state index in [1.165, 1.54) is 0 Å². The number of ether oxygens (including phenoxy) is 1. The lowest BCUT2D eigenvalue weighted by Crippen LogP contribution is -2.27. The van der Waals surface area contributed by atoms with Crippen LogP contribution in [0.4, 0.5) is 0 Å². The predicted octanol–water partition coefficient (Wildman–Crippen LogP) is 1.08. The molecule has 0 bridgehead atoms. The zero-order valence-electron chi connectivity index (χ0n) is 10.9. The Hall–Kier alpha value is -1.91. The topological polar surface area (TPSA) is 54.1 Å². The number of hydrogen-bond donors (Lipinski definition) is 1. The minimum Gasteiger partial charge on any atom is -0.494 e. The molecule has 17 heavy (non-hydrogen) atoms. The lowest BCUT2D eigenvalue weighted by atomic mass is 10.1. The van der Waals surface area contributed by atoms with Gasteiger partial charge in [-0.05, 0) is 13.0 Å². The number of amidine groups is 1. The first-order valence-corrected chi connectivity index (χ1v) is 5.38. The molecule has 0 radical (unpaired) electrons. The second-order valence-corrected chi connectivity index (χ2v) is 3.89. The Morgan fingerprint density at radius 3 is 2.59 bits per heavy atom. The SMILES string of the molecule is C=C(C1=NN(C)CN1C)/C(OC)=C(N)\C=C/C. The zero-order valence-corrected chi connectivity index (χ0v) is 10.9. The Morgan fingerprint density at radius 2 is 2.18 bits per heavy atom. The third-order valence-corrected chi connectivity index (χ3v) is 2.40. The zero-order chi connectivity index (χ0) is 13.0. The van der Waals surface area contributed by atoms with E-state index in [1.807, 2.05) is 37.0 Å². The maximum absolute atomic E-state index is 5.91. The average Bonchev–Trinajstić information content (AvgIpc) is 2.59. The van der Waals surface area contributed by atoms with Gasteiger partial charge in [0.15, 0.2) is 11.6 Å². The highest BCUT2D eigenvalue weighted by molar-refractivity contribution is 6.01. The second-order valence-electron chi connectivity index (χ2n) is 3.89. The van der Waals surface area contributed by atoms with Gasteiger partial charge in [-0.15, -0.1) is 0 Å². The van der Waals surface area contributed by atoms with Crippen LogP contribution in [0.3, 0.4) is 0 Å². The van der Waals surface area contributed by atoms with Gasteiger partial charge in [0.2, 0.25) is 0 Å². The molecule has 0 aromatic heterocycles. The smallest absolute Gasteiger partial charge is 0.160 e. The molecule has 0 atom stereocenters. The van der Waals surface area contributed by atoms with Gasteiger partial charge in [0, 0.05) is 14.1 Å². The molecule has 5 nitrogen and oxygen atoms in total. The fourth-order valence-corrected chi connectivity index (χ4v) is 1.71. The number of nitrogens with two attached hydrogens (primary N) is 1. The van der Waals surface area contributed by atoms with Crippen molar-refractivity contribution in [1.82, 2.24) is 9.91 Å². The molecule has 1 heterocycles. The fourth-order valence-electron chi connectivity index (χ4n) is 1.71. The van der Waals surface area contributed by atoms with Crippen LogP contribution in [-0.4, -0.2) is 43.6 Å². The van der Waals surface area contributed by atoms with Crippen LogP contribution in [-0.2, 0) is 4.74 Å². The fraction of sp³-hybridized carbons (Fsp3) is 0.417. The first-order valence-electron chi connectivity index (χ1n) is 5.38. The van der Waals surface area contributed by atoms with Crippen LogP contribution in [0.5, 0.6) is 0 Å². The molecule has 1 aliphatic heterocycles. The molecule has 2 N–H and O–H groups in total. The molecule has 5 heteroatoms. The summed E-state index contributed by atoms with van der Waals surface area (Å²) in [6.07, 6.45) is 3.64. The molecule has 0 aliphatic carbocycles. The van der Waals surface area contributed by atoms with Crippen LogP contribution in [0.1, 0.15) is 6.92 Å². The van der Waals surface area contributed by atoms with Gasteiger partial charge in [-0.1, -0.05) is 12.7 Å². The van der Waals surface area contributed by atoms with Gasteiger partial charge in [-0.2, -0.15) is 5.10 Å². The van der Waals surface area contributed by atoms with Gasteiger partial charge in [0.05, 0.1) is 18.4 Å². The van der Waals surface area contributed by atoms with Crippen molar-refractivity contribution in [3.8, 4) is 0 Å². The maximum atomic E-state index is 5.91. The lowest BCUT2D eigenvalue weighted by molar-refractivity contribution is 0.295. The summed E-state index contributed by atoms with van der Waals surface area (Å²) in [7, 11) is 5.44. The van der Waals surface area contributed by atoms with E-state index in [4.69, 9.17) is 10.5 Å². The van der Waals surface area contributed by atoms with Crippen LogP contribution >= 0.6 is 0 Å². The van der Waals surface area contributed by atoms with E-state index >= 15 is 0 Å². The third-order valence-electron chi connectivity index (χ3n) is 2.40. The first-order chi connectivity index (χ1) is 8.01. The van der Waals surface area contributed by atoms with Crippen LogP contribution in [0.15, 0.2) is 40.9 Å². The van der Waals surface area contributed by atoms with E-state index in [2.05, 4.69) is 11.7 Å². The van der Waals surface area contributed by atoms with Gasteiger partial charge in [-0.3, -0.25) is 5.01 Å². The van der Waals surface area contributed by atoms with E-state index in [0.717, 1.165) is 12.5 Å². The summed E-state index contributed by atoms with van der Waals surface area (Å²) in [6, 6.07) is 0. The van der Waals surface area contributed by atoms with Crippen molar-refractivity contribution in [2.24, 2.45) is 10.8 Å². The highest BCUT2D eigenvalue weighted by Gasteiger charge is 2.23. The molecule has 0 spiro atoms. The van der Waals surface area contributed by atoms with Crippen molar-refractivity contribution >= 4 is 5.84 Å². The molecule has 0 aromatic rings. The minimum atomic E-state index is 0.547. The Balaban J connectivity index is 3.03. The summed E-state index contributed by atoms with van der Waals surface area (Å²) in [4.78, 5) is 1.99. The van der Waals surface area contributed by atoms with E-state index < -0.39 is 0 Å². The summed E-state index contributed by atoms with van der Waals surface area (Å²) in [5.74, 6) is 1.33. The van der Waals surface area contributed by atoms with Gasteiger partial charge < -0.3 is 15.4 Å². The van der Waals surface area contributed by atoms with Gasteiger partial charge in [-0.25, -0.2) is 0 Å². The van der Waals surface area contributed by atoms with E-state index in [0.29, 0.717) is 17.0 Å². The van der Waals surface area contributed by atoms with E-state index in [9.17, 15) is 0 Å². The van der Waals surface area contributed by atoms with Crippen molar-refractivity contribution in [2.75, 3.05) is 27.9 Å². The second kappa shape index (κ2) is 5.43. The molecule has 0 aromatic carbocycles. The summed E-state index contributed by atoms with van der Waals surface area (Å²) < 4.78 is 5.30. The molecule has 94 valence electrons. The average molecular weight is 236 g/mol. The maximum Gasteiger partial charge on any atom is 0.160 e. The number of rotatable bonds is 4. The van der Waals surface area contributed by atoms with Crippen molar-refractivity contribution < 1.29 is 4.74 Å². The molecule has 0 saturated heterocycles. The number of hydrogen-bond acceptors (Lipinski definition) is 5. The largest absolute Gasteiger partial charge is 0.494 e. The third kappa shape index (κ3) is 2.81. The Morgan fingerprint density at radius 1 is 1.53 bits per heavy atom. The molecular weight excluding hydrogens is 216 g/mol. The monoisotopic (exact) mass is 236 g/mol. The van der Waals surface area contributed by atoms with Crippen LogP contribution in [0.25, 0.3) is 0 Å². The number of allylic oxidation sites excluding steroid dienone is 2.